The van der Waals surface area contributed by atoms with Crippen molar-refractivity contribution in [2.24, 2.45) is 0 Å². The van der Waals surface area contributed by atoms with Crippen LogP contribution in [-0.4, -0.2) is 71.0 Å². The third-order valence-electron chi connectivity index (χ3n) is 3.71. The summed E-state index contributed by atoms with van der Waals surface area (Å²) in [5.74, 6) is 0. The molecule has 0 radical (unpaired) electrons. The van der Waals surface area contributed by atoms with Gasteiger partial charge in [-0.15, -0.1) is 0 Å². The lowest BCUT2D eigenvalue weighted by atomic mass is 10.1. The summed E-state index contributed by atoms with van der Waals surface area (Å²) in [6.07, 6.45) is -1.62. The van der Waals surface area contributed by atoms with Crippen LogP contribution in [0.2, 0.25) is 0 Å². The van der Waals surface area contributed by atoms with E-state index in [9.17, 15) is 15.3 Å². The van der Waals surface area contributed by atoms with Gasteiger partial charge in [-0.25, -0.2) is 15.0 Å². The Labute approximate surface area is 125 Å². The monoisotopic (exact) mass is 310 g/mol. The SMILES string of the molecule is CC(O)Cc1ncnc2c1ncn2[C@@H]1O[C@H](CO)[C@H](O)C1O. The van der Waals surface area contributed by atoms with Crippen molar-refractivity contribution in [3.8, 4) is 0 Å². The molecule has 1 aliphatic rings. The molecule has 0 bridgehead atoms. The fourth-order valence-corrected chi connectivity index (χ4v) is 2.63. The number of ether oxygens (including phenoxy) is 1. The molecule has 2 aromatic heterocycles. The first kappa shape index (κ1) is 15.3. The molecule has 22 heavy (non-hydrogen) atoms. The summed E-state index contributed by atoms with van der Waals surface area (Å²) in [4.78, 5) is 12.5. The Morgan fingerprint density at radius 3 is 2.68 bits per heavy atom. The van der Waals surface area contributed by atoms with E-state index in [2.05, 4.69) is 15.0 Å². The number of rotatable bonds is 4. The van der Waals surface area contributed by atoms with Crippen LogP contribution in [-0.2, 0) is 11.2 Å². The Morgan fingerprint density at radius 1 is 1.27 bits per heavy atom. The van der Waals surface area contributed by atoms with E-state index in [1.54, 1.807) is 6.92 Å². The van der Waals surface area contributed by atoms with E-state index in [1.165, 1.54) is 17.2 Å². The van der Waals surface area contributed by atoms with Gasteiger partial charge in [-0.1, -0.05) is 0 Å². The highest BCUT2D eigenvalue weighted by Gasteiger charge is 2.43. The normalized spacial score (nSPS) is 30.0. The molecule has 0 spiro atoms. The Balaban J connectivity index is 1.99. The molecule has 9 nitrogen and oxygen atoms in total. The Morgan fingerprint density at radius 2 is 2.05 bits per heavy atom. The molecule has 2 aromatic rings. The molecule has 4 N–H and O–H groups in total. The first-order valence-electron chi connectivity index (χ1n) is 7.00. The molecule has 0 aromatic carbocycles. The summed E-state index contributed by atoms with van der Waals surface area (Å²) < 4.78 is 6.96. The molecule has 1 saturated heterocycles. The molecule has 1 fully saturated rings. The number of imidazole rings is 1. The minimum Gasteiger partial charge on any atom is -0.394 e. The third kappa shape index (κ3) is 2.46. The zero-order valence-corrected chi connectivity index (χ0v) is 11.9. The van der Waals surface area contributed by atoms with Gasteiger partial charge < -0.3 is 25.2 Å². The van der Waals surface area contributed by atoms with Gasteiger partial charge in [-0.2, -0.15) is 0 Å². The van der Waals surface area contributed by atoms with Gasteiger partial charge in [0.2, 0.25) is 0 Å². The Kier molecular flexibility index (Phi) is 4.06. The van der Waals surface area contributed by atoms with Crippen molar-refractivity contribution in [2.75, 3.05) is 6.61 Å². The number of nitrogens with zero attached hydrogens (tertiary/aromatic N) is 4. The number of aliphatic hydroxyl groups excluding tert-OH is 4. The van der Waals surface area contributed by atoms with Crippen molar-refractivity contribution >= 4 is 11.2 Å². The van der Waals surface area contributed by atoms with Crippen molar-refractivity contribution in [1.29, 1.82) is 0 Å². The molecule has 2 unspecified atom stereocenters. The van der Waals surface area contributed by atoms with Crippen molar-refractivity contribution in [2.45, 2.75) is 44.0 Å². The van der Waals surface area contributed by atoms with Crippen LogP contribution in [0.5, 0.6) is 0 Å². The maximum absolute atomic E-state index is 10.1. The average molecular weight is 310 g/mol. The van der Waals surface area contributed by atoms with Gasteiger partial charge in [0.15, 0.2) is 11.9 Å². The van der Waals surface area contributed by atoms with Crippen molar-refractivity contribution < 1.29 is 25.2 Å². The van der Waals surface area contributed by atoms with Crippen molar-refractivity contribution in [1.82, 2.24) is 19.5 Å². The van der Waals surface area contributed by atoms with Gasteiger partial charge in [0.1, 0.15) is 30.2 Å². The van der Waals surface area contributed by atoms with Crippen LogP contribution < -0.4 is 0 Å². The summed E-state index contributed by atoms with van der Waals surface area (Å²) in [5, 5.41) is 38.6. The highest BCUT2D eigenvalue weighted by Crippen LogP contribution is 2.31. The van der Waals surface area contributed by atoms with Gasteiger partial charge in [-0.3, -0.25) is 4.57 Å². The van der Waals surface area contributed by atoms with Crippen LogP contribution >= 0.6 is 0 Å². The van der Waals surface area contributed by atoms with Crippen LogP contribution in [0.1, 0.15) is 18.8 Å². The molecule has 0 amide bonds. The molecule has 5 atom stereocenters. The summed E-state index contributed by atoms with van der Waals surface area (Å²) in [7, 11) is 0. The van der Waals surface area contributed by atoms with Gasteiger partial charge in [-0.05, 0) is 6.92 Å². The number of fused-ring (bicyclic) bond motifs is 1. The van der Waals surface area contributed by atoms with Gasteiger partial charge in [0.25, 0.3) is 0 Å². The third-order valence-corrected chi connectivity index (χ3v) is 3.71. The minimum atomic E-state index is -1.20. The largest absolute Gasteiger partial charge is 0.394 e. The quantitative estimate of drug-likeness (QED) is 0.528. The molecule has 9 heteroatoms. The molecule has 3 rings (SSSR count). The Bertz CT molecular complexity index is 661. The number of hydrogen-bond acceptors (Lipinski definition) is 8. The lowest BCUT2D eigenvalue weighted by Crippen LogP contribution is -2.33. The molecule has 1 aliphatic heterocycles. The van der Waals surface area contributed by atoms with E-state index < -0.39 is 37.3 Å². The first-order valence-corrected chi connectivity index (χ1v) is 7.00. The van der Waals surface area contributed by atoms with Crippen LogP contribution in [0.4, 0.5) is 0 Å². The van der Waals surface area contributed by atoms with E-state index in [0.717, 1.165) is 0 Å². The van der Waals surface area contributed by atoms with Crippen LogP contribution in [0.3, 0.4) is 0 Å². The maximum atomic E-state index is 10.1. The lowest BCUT2D eigenvalue weighted by Gasteiger charge is -2.16. The predicted molar refractivity (Wildman–Crippen MR) is 73.7 cm³/mol. The minimum absolute atomic E-state index is 0.325. The van der Waals surface area contributed by atoms with E-state index >= 15 is 0 Å². The summed E-state index contributed by atoms with van der Waals surface area (Å²) in [5.41, 5.74) is 1.52. The molecular weight excluding hydrogens is 292 g/mol. The summed E-state index contributed by atoms with van der Waals surface area (Å²) in [6, 6.07) is 0. The van der Waals surface area contributed by atoms with Crippen LogP contribution in [0.25, 0.3) is 11.2 Å². The van der Waals surface area contributed by atoms with Gasteiger partial charge in [0.05, 0.1) is 24.7 Å². The van der Waals surface area contributed by atoms with E-state index in [-0.39, 0.29) is 0 Å². The predicted octanol–water partition coefficient (Wildman–Crippen LogP) is -1.64. The molecule has 0 aliphatic carbocycles. The average Bonchev–Trinajstić information content (AvgIpc) is 3.02. The van der Waals surface area contributed by atoms with Crippen LogP contribution in [0, 0.1) is 0 Å². The number of hydrogen-bond donors (Lipinski definition) is 4. The zero-order chi connectivity index (χ0) is 15.9. The van der Waals surface area contributed by atoms with E-state index in [4.69, 9.17) is 9.84 Å². The second kappa shape index (κ2) is 5.86. The fraction of sp³-hybridized carbons (Fsp3) is 0.615. The second-order valence-electron chi connectivity index (χ2n) is 5.43. The molecule has 0 saturated carbocycles. The van der Waals surface area contributed by atoms with E-state index in [0.29, 0.717) is 23.3 Å². The maximum Gasteiger partial charge on any atom is 0.165 e. The van der Waals surface area contributed by atoms with E-state index in [1.807, 2.05) is 0 Å². The van der Waals surface area contributed by atoms with Gasteiger partial charge >= 0.3 is 0 Å². The van der Waals surface area contributed by atoms with Crippen molar-refractivity contribution in [3.63, 3.8) is 0 Å². The highest BCUT2D eigenvalue weighted by atomic mass is 16.6. The summed E-state index contributed by atoms with van der Waals surface area (Å²) in [6.45, 7) is 1.25. The zero-order valence-electron chi connectivity index (χ0n) is 11.9. The van der Waals surface area contributed by atoms with Gasteiger partial charge in [0, 0.05) is 6.42 Å². The Hall–Kier alpha value is -1.65. The fourth-order valence-electron chi connectivity index (χ4n) is 2.63. The molecular formula is C13H18N4O5. The smallest absolute Gasteiger partial charge is 0.165 e. The molecule has 120 valence electrons. The molecule has 3 heterocycles. The van der Waals surface area contributed by atoms with Crippen LogP contribution in [0.15, 0.2) is 12.7 Å². The summed E-state index contributed by atoms with van der Waals surface area (Å²) >= 11 is 0. The number of aliphatic hydroxyl groups is 4. The number of aromatic nitrogens is 4. The second-order valence-corrected chi connectivity index (χ2v) is 5.43. The highest BCUT2D eigenvalue weighted by molar-refractivity contribution is 5.73. The lowest BCUT2D eigenvalue weighted by molar-refractivity contribution is -0.0511. The van der Waals surface area contributed by atoms with Crippen molar-refractivity contribution in [3.05, 3.63) is 18.3 Å². The first-order chi connectivity index (χ1) is 10.5. The standard InChI is InChI=1S/C13H18N4O5/c1-6(19)2-7-9-12(15-4-14-7)17(5-16-9)13-11(21)10(20)8(3-18)22-13/h4-6,8,10-11,13,18-21H,2-3H2,1H3/t6?,8-,10+,11?,13-/m1/s1. The topological polar surface area (TPSA) is 134 Å².